The Morgan fingerprint density at radius 2 is 1.60 bits per heavy atom. The molecule has 0 aliphatic heterocycles. The Labute approximate surface area is 176 Å². The minimum atomic E-state index is -0.197. The van der Waals surface area contributed by atoms with Crippen LogP contribution in [0, 0.1) is 0 Å². The molecule has 0 fully saturated rings. The summed E-state index contributed by atoms with van der Waals surface area (Å²) in [4.78, 5) is 14.2. The molecule has 2 rings (SSSR count). The van der Waals surface area contributed by atoms with Gasteiger partial charge in [-0.15, -0.1) is 35.0 Å². The standard InChI is InChI=1S/C18H16Cl4OS2/c1-10(19)18(22)11(2)24-17-8-14(4-3-12(17)9-23)25-13-5-6-15(20)16(21)7-13/h3-11,18H,1-2H3/t10?,11?,18-/m1/s1. The molecule has 2 aromatic rings. The molecule has 0 heterocycles. The van der Waals surface area contributed by atoms with Gasteiger partial charge < -0.3 is 0 Å². The second kappa shape index (κ2) is 9.77. The lowest BCUT2D eigenvalue weighted by atomic mass is 10.2. The third-order valence-corrected chi connectivity index (χ3v) is 7.74. The maximum atomic E-state index is 11.4. The van der Waals surface area contributed by atoms with Gasteiger partial charge in [-0.2, -0.15) is 0 Å². The summed E-state index contributed by atoms with van der Waals surface area (Å²) >= 11 is 27.6. The SMILES string of the molecule is CC(Cl)[C@@H](Cl)C(C)Sc1cc(Sc2ccc(Cl)c(Cl)c2)ccc1C=O. The van der Waals surface area contributed by atoms with Gasteiger partial charge in [0.1, 0.15) is 0 Å². The van der Waals surface area contributed by atoms with Crippen LogP contribution < -0.4 is 0 Å². The molecular weight excluding hydrogens is 438 g/mol. The topological polar surface area (TPSA) is 17.1 Å². The Balaban J connectivity index is 2.23. The lowest BCUT2D eigenvalue weighted by Crippen LogP contribution is -2.22. The number of benzene rings is 2. The Morgan fingerprint density at radius 3 is 2.20 bits per heavy atom. The number of hydrogen-bond acceptors (Lipinski definition) is 3. The van der Waals surface area contributed by atoms with Gasteiger partial charge in [0.05, 0.1) is 15.4 Å². The second-order valence-corrected chi connectivity index (χ2v) is 10.0. The molecule has 7 heteroatoms. The number of aldehydes is 1. The summed E-state index contributed by atoms with van der Waals surface area (Å²) in [6, 6.07) is 11.2. The van der Waals surface area contributed by atoms with Gasteiger partial charge >= 0.3 is 0 Å². The van der Waals surface area contributed by atoms with Crippen LogP contribution in [0.2, 0.25) is 10.0 Å². The van der Waals surface area contributed by atoms with E-state index >= 15 is 0 Å². The van der Waals surface area contributed by atoms with Crippen molar-refractivity contribution >= 4 is 76.2 Å². The predicted molar refractivity (Wildman–Crippen MR) is 113 cm³/mol. The molecular formula is C18H16Cl4OS2. The third-order valence-electron chi connectivity index (χ3n) is 3.44. The number of rotatable bonds is 7. The first kappa shape index (κ1) is 21.3. The maximum absolute atomic E-state index is 11.4. The Morgan fingerprint density at radius 1 is 0.960 bits per heavy atom. The van der Waals surface area contributed by atoms with Crippen molar-refractivity contribution in [1.82, 2.24) is 0 Å². The van der Waals surface area contributed by atoms with Gasteiger partial charge in [0.2, 0.25) is 0 Å². The number of carbonyl (C=O) groups is 1. The molecule has 0 aliphatic rings. The highest BCUT2D eigenvalue weighted by Gasteiger charge is 2.21. The molecule has 0 radical (unpaired) electrons. The minimum absolute atomic E-state index is 0.0677. The highest BCUT2D eigenvalue weighted by molar-refractivity contribution is 8.00. The van der Waals surface area contributed by atoms with E-state index in [1.807, 2.05) is 44.2 Å². The monoisotopic (exact) mass is 452 g/mol. The molecule has 0 N–H and O–H groups in total. The van der Waals surface area contributed by atoms with Gasteiger partial charge in [-0.05, 0) is 43.3 Å². The number of hydrogen-bond donors (Lipinski definition) is 0. The zero-order chi connectivity index (χ0) is 18.6. The van der Waals surface area contributed by atoms with E-state index in [9.17, 15) is 4.79 Å². The summed E-state index contributed by atoms with van der Waals surface area (Å²) in [6.45, 7) is 3.88. The highest BCUT2D eigenvalue weighted by Crippen LogP contribution is 2.37. The van der Waals surface area contributed by atoms with Gasteiger partial charge in [-0.25, -0.2) is 0 Å². The van der Waals surface area contributed by atoms with Crippen LogP contribution in [0.5, 0.6) is 0 Å². The fourth-order valence-corrected chi connectivity index (χ4v) is 5.10. The predicted octanol–water partition coefficient (Wildman–Crippen LogP) is 7.67. The first-order valence-corrected chi connectivity index (χ1v) is 10.8. The molecule has 0 bridgehead atoms. The summed E-state index contributed by atoms with van der Waals surface area (Å²) < 4.78 is 0. The van der Waals surface area contributed by atoms with E-state index in [-0.39, 0.29) is 16.0 Å². The molecule has 1 nitrogen and oxygen atoms in total. The molecule has 0 saturated carbocycles. The summed E-state index contributed by atoms with van der Waals surface area (Å²) in [7, 11) is 0. The van der Waals surface area contributed by atoms with E-state index in [0.29, 0.717) is 15.6 Å². The van der Waals surface area contributed by atoms with Crippen LogP contribution in [0.3, 0.4) is 0 Å². The molecule has 2 aromatic carbocycles. The minimum Gasteiger partial charge on any atom is -0.298 e. The van der Waals surface area contributed by atoms with E-state index in [4.69, 9.17) is 46.4 Å². The van der Waals surface area contributed by atoms with Crippen molar-refractivity contribution in [1.29, 1.82) is 0 Å². The zero-order valence-electron chi connectivity index (χ0n) is 13.5. The smallest absolute Gasteiger partial charge is 0.151 e. The lowest BCUT2D eigenvalue weighted by molar-refractivity contribution is 0.112. The zero-order valence-corrected chi connectivity index (χ0v) is 18.2. The molecule has 0 aliphatic carbocycles. The van der Waals surface area contributed by atoms with Crippen molar-refractivity contribution in [3.05, 3.63) is 52.0 Å². The number of halogens is 4. The van der Waals surface area contributed by atoms with Gasteiger partial charge in [-0.1, -0.05) is 41.9 Å². The average Bonchev–Trinajstić information content (AvgIpc) is 2.57. The average molecular weight is 454 g/mol. The Kier molecular flexibility index (Phi) is 8.32. The summed E-state index contributed by atoms with van der Waals surface area (Å²) in [5, 5.41) is 0.754. The number of carbonyl (C=O) groups excluding carboxylic acids is 1. The summed E-state index contributed by atoms with van der Waals surface area (Å²) in [5.74, 6) is 0. The van der Waals surface area contributed by atoms with E-state index in [1.54, 1.807) is 29.6 Å². The fourth-order valence-electron chi connectivity index (χ4n) is 2.09. The van der Waals surface area contributed by atoms with Crippen LogP contribution in [-0.4, -0.2) is 22.3 Å². The first-order valence-electron chi connectivity index (χ1n) is 7.48. The van der Waals surface area contributed by atoms with E-state index in [0.717, 1.165) is 21.0 Å². The van der Waals surface area contributed by atoms with Gasteiger partial charge in [0, 0.05) is 30.9 Å². The van der Waals surface area contributed by atoms with Gasteiger partial charge in [-0.3, -0.25) is 4.79 Å². The Hall–Kier alpha value is -0.0300. The van der Waals surface area contributed by atoms with E-state index in [2.05, 4.69) is 0 Å². The summed E-state index contributed by atoms with van der Waals surface area (Å²) in [5.41, 5.74) is 0.640. The van der Waals surface area contributed by atoms with Crippen LogP contribution in [0.25, 0.3) is 0 Å². The molecule has 0 amide bonds. The lowest BCUT2D eigenvalue weighted by Gasteiger charge is -2.20. The van der Waals surface area contributed by atoms with Gasteiger partial charge in [0.15, 0.2) is 6.29 Å². The molecule has 25 heavy (non-hydrogen) atoms. The van der Waals surface area contributed by atoms with Crippen LogP contribution in [0.1, 0.15) is 24.2 Å². The van der Waals surface area contributed by atoms with Crippen LogP contribution in [-0.2, 0) is 0 Å². The molecule has 134 valence electrons. The number of alkyl halides is 2. The quantitative estimate of drug-likeness (QED) is 0.243. The van der Waals surface area contributed by atoms with Crippen molar-refractivity contribution < 1.29 is 4.79 Å². The fraction of sp³-hybridized carbons (Fsp3) is 0.278. The van der Waals surface area contributed by atoms with Crippen LogP contribution in [0.15, 0.2) is 51.1 Å². The van der Waals surface area contributed by atoms with Crippen molar-refractivity contribution in [3.63, 3.8) is 0 Å². The summed E-state index contributed by atoms with van der Waals surface area (Å²) in [6.07, 6.45) is 0.857. The van der Waals surface area contributed by atoms with E-state index < -0.39 is 0 Å². The Bertz CT molecular complexity index is 752. The largest absolute Gasteiger partial charge is 0.298 e. The van der Waals surface area contributed by atoms with Crippen LogP contribution >= 0.6 is 69.9 Å². The van der Waals surface area contributed by atoms with Gasteiger partial charge in [0.25, 0.3) is 0 Å². The molecule has 0 spiro atoms. The number of thioether (sulfide) groups is 1. The van der Waals surface area contributed by atoms with E-state index in [1.165, 1.54) is 0 Å². The van der Waals surface area contributed by atoms with Crippen LogP contribution in [0.4, 0.5) is 0 Å². The van der Waals surface area contributed by atoms with Crippen molar-refractivity contribution in [2.75, 3.05) is 0 Å². The van der Waals surface area contributed by atoms with Crippen molar-refractivity contribution in [2.24, 2.45) is 0 Å². The van der Waals surface area contributed by atoms with Crippen molar-refractivity contribution in [3.8, 4) is 0 Å². The molecule has 0 saturated heterocycles. The maximum Gasteiger partial charge on any atom is 0.151 e. The first-order chi connectivity index (χ1) is 11.8. The normalized spacial score (nSPS) is 14.8. The third kappa shape index (κ3) is 5.98. The molecule has 3 atom stereocenters. The van der Waals surface area contributed by atoms with Crippen molar-refractivity contribution in [2.45, 2.75) is 44.5 Å². The molecule has 2 unspecified atom stereocenters. The molecule has 0 aromatic heterocycles. The highest BCUT2D eigenvalue weighted by atomic mass is 35.5. The second-order valence-electron chi connectivity index (χ2n) is 5.44.